The fourth-order valence-corrected chi connectivity index (χ4v) is 5.40. The highest BCUT2D eigenvalue weighted by Gasteiger charge is 2.31. The molecule has 8 nitrogen and oxygen atoms in total. The molecule has 2 aromatic heterocycles. The molecule has 0 aliphatic rings. The van der Waals surface area contributed by atoms with Gasteiger partial charge in [-0.05, 0) is 80.1 Å². The van der Waals surface area contributed by atoms with Crippen LogP contribution in [0.3, 0.4) is 0 Å². The molecule has 2 heterocycles. The van der Waals surface area contributed by atoms with Crippen molar-refractivity contribution in [2.75, 3.05) is 0 Å². The molecule has 0 aliphatic heterocycles. The van der Waals surface area contributed by atoms with E-state index in [0.717, 1.165) is 0 Å². The van der Waals surface area contributed by atoms with Crippen LogP contribution in [0.25, 0.3) is 11.4 Å². The van der Waals surface area contributed by atoms with Gasteiger partial charge in [0.25, 0.3) is 11.1 Å². The zero-order chi connectivity index (χ0) is 30.1. The minimum atomic E-state index is -0.719. The summed E-state index contributed by atoms with van der Waals surface area (Å²) in [4.78, 5) is 40.7. The molecule has 43 heavy (non-hydrogen) atoms. The first-order valence-electron chi connectivity index (χ1n) is 13.6. The van der Waals surface area contributed by atoms with Gasteiger partial charge in [0.05, 0.1) is 28.1 Å². The van der Waals surface area contributed by atoms with E-state index in [9.17, 15) is 14.4 Å². The van der Waals surface area contributed by atoms with Crippen molar-refractivity contribution in [3.8, 4) is 17.1 Å². The molecule has 0 spiro atoms. The number of carbonyl (C=O) groups excluding carboxylic acids is 1. The van der Waals surface area contributed by atoms with Crippen molar-refractivity contribution in [3.63, 3.8) is 0 Å². The topological polar surface area (TPSA) is 102 Å². The van der Waals surface area contributed by atoms with E-state index in [1.807, 2.05) is 74.5 Å². The Kier molecular flexibility index (Phi) is 7.44. The summed E-state index contributed by atoms with van der Waals surface area (Å²) in [6, 6.07) is 31.8. The molecule has 4 aromatic carbocycles. The maximum atomic E-state index is 14.0. The van der Waals surface area contributed by atoms with Gasteiger partial charge in [-0.15, -0.1) is 0 Å². The number of benzene rings is 4. The van der Waals surface area contributed by atoms with Crippen molar-refractivity contribution in [2.24, 2.45) is 0 Å². The molecule has 6 aromatic rings. The molecule has 0 unspecified atom stereocenters. The summed E-state index contributed by atoms with van der Waals surface area (Å²) in [6.07, 6.45) is 0. The Labute approximate surface area is 251 Å². The summed E-state index contributed by atoms with van der Waals surface area (Å²) in [7, 11) is 0. The number of hydrogen-bond donors (Lipinski definition) is 2. The number of nitrogens with zero attached hydrogens (tertiary/aromatic N) is 2. The first-order chi connectivity index (χ1) is 20.8. The Balaban J connectivity index is 1.46. The van der Waals surface area contributed by atoms with Gasteiger partial charge in [-0.25, -0.2) is 14.2 Å². The van der Waals surface area contributed by atoms with Crippen LogP contribution in [0, 0.1) is 13.8 Å². The van der Waals surface area contributed by atoms with E-state index in [1.54, 1.807) is 48.5 Å². The number of halogens is 1. The van der Waals surface area contributed by atoms with Gasteiger partial charge >= 0.3 is 5.97 Å². The highest BCUT2D eigenvalue weighted by atomic mass is 35.5. The molecular formula is C34H27ClN4O4. The predicted molar refractivity (Wildman–Crippen MR) is 166 cm³/mol. The van der Waals surface area contributed by atoms with Crippen LogP contribution < -0.4 is 15.9 Å². The SMILES string of the molecule is Cc1[nH]n(-c2ccccc2)c(=O)c1C(c1ccc(OC(=O)c2ccc(Cl)cc2)cc1)c1c(C)[nH]n(-c2ccccc2)c1=O. The lowest BCUT2D eigenvalue weighted by atomic mass is 9.85. The van der Waals surface area contributed by atoms with Crippen molar-refractivity contribution in [1.29, 1.82) is 0 Å². The van der Waals surface area contributed by atoms with E-state index < -0.39 is 11.9 Å². The van der Waals surface area contributed by atoms with Crippen LogP contribution in [0.4, 0.5) is 0 Å². The number of para-hydroxylation sites is 2. The number of aryl methyl sites for hydroxylation is 2. The number of carbonyl (C=O) groups is 1. The summed E-state index contributed by atoms with van der Waals surface area (Å²) < 4.78 is 8.55. The second-order valence-electron chi connectivity index (χ2n) is 10.2. The quantitative estimate of drug-likeness (QED) is 0.168. The van der Waals surface area contributed by atoms with Crippen LogP contribution in [0.1, 0.15) is 44.4 Å². The maximum absolute atomic E-state index is 14.0. The van der Waals surface area contributed by atoms with Crippen molar-refractivity contribution in [3.05, 3.63) is 169 Å². The number of aromatic amines is 2. The minimum absolute atomic E-state index is 0.266. The molecule has 9 heteroatoms. The normalized spacial score (nSPS) is 11.2. The minimum Gasteiger partial charge on any atom is -0.423 e. The van der Waals surface area contributed by atoms with Gasteiger partial charge in [0.2, 0.25) is 0 Å². The van der Waals surface area contributed by atoms with Gasteiger partial charge in [-0.3, -0.25) is 19.8 Å². The molecule has 0 bridgehead atoms. The molecular weight excluding hydrogens is 564 g/mol. The molecule has 0 fully saturated rings. The summed E-state index contributed by atoms with van der Waals surface area (Å²) in [5.41, 5.74) is 4.01. The molecule has 0 saturated carbocycles. The van der Waals surface area contributed by atoms with Gasteiger partial charge in [-0.1, -0.05) is 60.1 Å². The number of ether oxygens (including phenoxy) is 1. The molecule has 214 valence electrons. The molecule has 0 saturated heterocycles. The fourth-order valence-electron chi connectivity index (χ4n) is 5.27. The van der Waals surface area contributed by atoms with Crippen molar-refractivity contribution in [2.45, 2.75) is 19.8 Å². The zero-order valence-electron chi connectivity index (χ0n) is 23.4. The second kappa shape index (κ2) is 11.5. The lowest BCUT2D eigenvalue weighted by Crippen LogP contribution is -2.25. The average molecular weight is 591 g/mol. The van der Waals surface area contributed by atoms with Crippen molar-refractivity contribution in [1.82, 2.24) is 19.6 Å². The number of esters is 1. The Morgan fingerprint density at radius 2 is 1.14 bits per heavy atom. The number of aromatic nitrogens is 4. The number of H-pyrrole nitrogens is 2. The Morgan fingerprint density at radius 3 is 1.60 bits per heavy atom. The molecule has 6 rings (SSSR count). The Bertz CT molecular complexity index is 1920. The van der Waals surface area contributed by atoms with Gasteiger partial charge in [0, 0.05) is 22.3 Å². The maximum Gasteiger partial charge on any atom is 0.343 e. The number of nitrogens with one attached hydrogen (secondary N) is 2. The lowest BCUT2D eigenvalue weighted by Gasteiger charge is -2.16. The third-order valence-corrected chi connectivity index (χ3v) is 7.60. The zero-order valence-corrected chi connectivity index (χ0v) is 24.1. The Morgan fingerprint density at radius 1 is 0.674 bits per heavy atom. The summed E-state index contributed by atoms with van der Waals surface area (Å²) >= 11 is 5.94. The summed E-state index contributed by atoms with van der Waals surface area (Å²) in [5, 5.41) is 6.90. The van der Waals surface area contributed by atoms with E-state index in [1.165, 1.54) is 9.36 Å². The first kappa shape index (κ1) is 27.8. The smallest absolute Gasteiger partial charge is 0.343 e. The fraction of sp³-hybridized carbons (Fsp3) is 0.0882. The van der Waals surface area contributed by atoms with Crippen LogP contribution in [0.2, 0.25) is 5.02 Å². The van der Waals surface area contributed by atoms with Crippen molar-refractivity contribution < 1.29 is 9.53 Å². The third-order valence-electron chi connectivity index (χ3n) is 7.34. The van der Waals surface area contributed by atoms with Gasteiger partial charge in [0.1, 0.15) is 5.75 Å². The third kappa shape index (κ3) is 5.36. The van der Waals surface area contributed by atoms with Crippen LogP contribution in [0.5, 0.6) is 5.75 Å². The Hall–Kier alpha value is -5.34. The largest absolute Gasteiger partial charge is 0.423 e. The van der Waals surface area contributed by atoms with Gasteiger partial charge in [0.15, 0.2) is 0 Å². The van der Waals surface area contributed by atoms with E-state index >= 15 is 0 Å². The number of rotatable bonds is 7. The molecule has 2 N–H and O–H groups in total. The van der Waals surface area contributed by atoms with E-state index in [-0.39, 0.29) is 11.1 Å². The van der Waals surface area contributed by atoms with E-state index in [0.29, 0.717) is 55.8 Å². The lowest BCUT2D eigenvalue weighted by molar-refractivity contribution is 0.0734. The second-order valence-corrected chi connectivity index (χ2v) is 10.6. The molecule has 0 atom stereocenters. The van der Waals surface area contributed by atoms with Crippen LogP contribution >= 0.6 is 11.6 Å². The highest BCUT2D eigenvalue weighted by Crippen LogP contribution is 2.33. The summed E-state index contributed by atoms with van der Waals surface area (Å²) in [5.74, 6) is -0.925. The molecule has 0 amide bonds. The molecule has 0 aliphatic carbocycles. The predicted octanol–water partition coefficient (Wildman–Crippen LogP) is 6.31. The average Bonchev–Trinajstić information content (AvgIpc) is 3.49. The standard InChI is InChI=1S/C34H27ClN4O4/c1-21-29(32(40)38(36-21)26-9-5-3-6-10-26)31(30-22(2)37-39(33(30)41)27-11-7-4-8-12-27)23-15-19-28(20-16-23)43-34(42)24-13-17-25(35)18-14-24/h3-20,31,36-37H,1-2H3. The van der Waals surface area contributed by atoms with E-state index in [2.05, 4.69) is 10.2 Å². The molecule has 0 radical (unpaired) electrons. The van der Waals surface area contributed by atoms with Gasteiger partial charge in [-0.2, -0.15) is 0 Å². The van der Waals surface area contributed by atoms with E-state index in [4.69, 9.17) is 16.3 Å². The van der Waals surface area contributed by atoms with Crippen LogP contribution in [0.15, 0.2) is 119 Å². The first-order valence-corrected chi connectivity index (χ1v) is 14.0. The van der Waals surface area contributed by atoms with Crippen LogP contribution in [-0.2, 0) is 0 Å². The van der Waals surface area contributed by atoms with Gasteiger partial charge < -0.3 is 4.74 Å². The van der Waals surface area contributed by atoms with Crippen molar-refractivity contribution >= 4 is 17.6 Å². The monoisotopic (exact) mass is 590 g/mol. The van der Waals surface area contributed by atoms with Crippen LogP contribution in [-0.4, -0.2) is 25.5 Å². The number of hydrogen-bond acceptors (Lipinski definition) is 4. The summed E-state index contributed by atoms with van der Waals surface area (Å²) in [6.45, 7) is 3.65. The highest BCUT2D eigenvalue weighted by molar-refractivity contribution is 6.30.